The molecular weight excluding hydrogens is 374 g/mol. The molecule has 0 saturated carbocycles. The number of anilines is 2. The van der Waals surface area contributed by atoms with E-state index in [0.29, 0.717) is 11.7 Å². The highest BCUT2D eigenvalue weighted by Gasteiger charge is 2.27. The van der Waals surface area contributed by atoms with Gasteiger partial charge in [-0.3, -0.25) is 4.79 Å². The molecule has 1 aliphatic rings. The normalized spacial score (nSPS) is 16.6. The minimum Gasteiger partial charge on any atom is -0.497 e. The van der Waals surface area contributed by atoms with E-state index in [1.54, 1.807) is 13.3 Å². The fourth-order valence-electron chi connectivity index (χ4n) is 3.30. The number of thiazole rings is 1. The second-order valence-electron chi connectivity index (χ2n) is 6.62. The molecule has 3 aromatic rings. The van der Waals surface area contributed by atoms with Gasteiger partial charge in [0, 0.05) is 30.2 Å². The van der Waals surface area contributed by atoms with Gasteiger partial charge in [0.25, 0.3) is 0 Å². The lowest BCUT2D eigenvalue weighted by Crippen LogP contribution is -2.41. The van der Waals surface area contributed by atoms with E-state index >= 15 is 0 Å². The second-order valence-corrected chi connectivity index (χ2v) is 7.51. The van der Waals surface area contributed by atoms with Crippen molar-refractivity contribution in [3.05, 3.63) is 48.0 Å². The SMILES string of the molecule is COc1ccc(-c2ccc(N3CCCC(C(=O)Nc4nccs4)C3)nn2)cc1. The van der Waals surface area contributed by atoms with Crippen molar-refractivity contribution in [3.8, 4) is 17.0 Å². The fraction of sp³-hybridized carbons (Fsp3) is 0.300. The molecule has 0 radical (unpaired) electrons. The Morgan fingerprint density at radius 2 is 2.07 bits per heavy atom. The quantitative estimate of drug-likeness (QED) is 0.713. The predicted octanol–water partition coefficient (Wildman–Crippen LogP) is 3.46. The van der Waals surface area contributed by atoms with Crippen LogP contribution in [0, 0.1) is 5.92 Å². The monoisotopic (exact) mass is 395 g/mol. The molecule has 1 aliphatic heterocycles. The molecule has 0 spiro atoms. The Balaban J connectivity index is 1.42. The Morgan fingerprint density at radius 3 is 2.75 bits per heavy atom. The Morgan fingerprint density at radius 1 is 1.21 bits per heavy atom. The van der Waals surface area contributed by atoms with Crippen molar-refractivity contribution in [2.45, 2.75) is 12.8 Å². The van der Waals surface area contributed by atoms with E-state index in [1.165, 1.54) is 11.3 Å². The number of nitrogens with one attached hydrogen (secondary N) is 1. The number of rotatable bonds is 5. The maximum atomic E-state index is 12.5. The summed E-state index contributed by atoms with van der Waals surface area (Å²) in [4.78, 5) is 18.8. The van der Waals surface area contributed by atoms with E-state index in [9.17, 15) is 4.79 Å². The third kappa shape index (κ3) is 4.12. The lowest BCUT2D eigenvalue weighted by atomic mass is 9.97. The molecule has 2 aromatic heterocycles. The number of nitrogens with zero attached hydrogens (tertiary/aromatic N) is 4. The fourth-order valence-corrected chi connectivity index (χ4v) is 3.83. The summed E-state index contributed by atoms with van der Waals surface area (Å²) in [5, 5.41) is 14.2. The lowest BCUT2D eigenvalue weighted by Gasteiger charge is -2.32. The zero-order chi connectivity index (χ0) is 19.3. The van der Waals surface area contributed by atoms with Crippen molar-refractivity contribution >= 4 is 28.2 Å². The molecule has 144 valence electrons. The van der Waals surface area contributed by atoms with Gasteiger partial charge >= 0.3 is 0 Å². The number of methoxy groups -OCH3 is 1. The number of hydrogen-bond donors (Lipinski definition) is 1. The number of aromatic nitrogens is 3. The molecule has 1 fully saturated rings. The van der Waals surface area contributed by atoms with Crippen molar-refractivity contribution in [1.29, 1.82) is 0 Å². The number of amides is 1. The van der Waals surface area contributed by atoms with Crippen LogP contribution in [-0.2, 0) is 4.79 Å². The summed E-state index contributed by atoms with van der Waals surface area (Å²) in [6.07, 6.45) is 3.50. The smallest absolute Gasteiger partial charge is 0.231 e. The summed E-state index contributed by atoms with van der Waals surface area (Å²) >= 11 is 1.43. The highest BCUT2D eigenvalue weighted by Crippen LogP contribution is 2.25. The highest BCUT2D eigenvalue weighted by molar-refractivity contribution is 7.13. The zero-order valence-electron chi connectivity index (χ0n) is 15.5. The van der Waals surface area contributed by atoms with Gasteiger partial charge in [-0.1, -0.05) is 0 Å². The molecule has 28 heavy (non-hydrogen) atoms. The standard InChI is InChI=1S/C20H21N5O2S/c1-27-16-6-4-14(5-7-16)17-8-9-18(24-23-17)25-11-2-3-15(13-25)19(26)22-20-21-10-12-28-20/h4-10,12,15H,2-3,11,13H2,1H3,(H,21,22,26). The number of benzene rings is 1. The Bertz CT molecular complexity index is 913. The maximum absolute atomic E-state index is 12.5. The summed E-state index contributed by atoms with van der Waals surface area (Å²) in [7, 11) is 1.65. The van der Waals surface area contributed by atoms with E-state index in [2.05, 4.69) is 25.4 Å². The van der Waals surface area contributed by atoms with Gasteiger partial charge in [-0.15, -0.1) is 21.5 Å². The van der Waals surface area contributed by atoms with Gasteiger partial charge in [0.05, 0.1) is 18.7 Å². The zero-order valence-corrected chi connectivity index (χ0v) is 16.4. The first kappa shape index (κ1) is 18.4. The van der Waals surface area contributed by atoms with E-state index in [4.69, 9.17) is 4.74 Å². The van der Waals surface area contributed by atoms with Crippen LogP contribution in [0.3, 0.4) is 0 Å². The molecule has 1 aromatic carbocycles. The van der Waals surface area contributed by atoms with Crippen LogP contribution in [0.25, 0.3) is 11.3 Å². The Labute approximate surface area is 167 Å². The summed E-state index contributed by atoms with van der Waals surface area (Å²) in [5.74, 6) is 1.54. The average Bonchev–Trinajstić information content (AvgIpc) is 3.27. The van der Waals surface area contributed by atoms with Crippen molar-refractivity contribution in [2.75, 3.05) is 30.4 Å². The van der Waals surface area contributed by atoms with E-state index < -0.39 is 0 Å². The molecule has 3 heterocycles. The average molecular weight is 395 g/mol. The molecule has 1 N–H and O–H groups in total. The van der Waals surface area contributed by atoms with Crippen LogP contribution < -0.4 is 15.0 Å². The Hall–Kier alpha value is -3.00. The second kappa shape index (κ2) is 8.35. The predicted molar refractivity (Wildman–Crippen MR) is 110 cm³/mol. The largest absolute Gasteiger partial charge is 0.497 e. The molecule has 0 bridgehead atoms. The van der Waals surface area contributed by atoms with Gasteiger partial charge in [0.1, 0.15) is 5.75 Å². The first-order valence-corrected chi connectivity index (χ1v) is 10.0. The van der Waals surface area contributed by atoms with Crippen LogP contribution in [0.5, 0.6) is 5.75 Å². The third-order valence-electron chi connectivity index (χ3n) is 4.81. The summed E-state index contributed by atoms with van der Waals surface area (Å²) in [6.45, 7) is 1.51. The van der Waals surface area contributed by atoms with Crippen LogP contribution in [-0.4, -0.2) is 41.3 Å². The highest BCUT2D eigenvalue weighted by atomic mass is 32.1. The third-order valence-corrected chi connectivity index (χ3v) is 5.50. The van der Waals surface area contributed by atoms with Crippen molar-refractivity contribution in [1.82, 2.24) is 15.2 Å². The van der Waals surface area contributed by atoms with Gasteiger partial charge in [0.2, 0.25) is 5.91 Å². The van der Waals surface area contributed by atoms with E-state index in [0.717, 1.165) is 42.2 Å². The first-order valence-electron chi connectivity index (χ1n) is 9.16. The molecule has 1 saturated heterocycles. The van der Waals surface area contributed by atoms with Crippen LogP contribution in [0.4, 0.5) is 10.9 Å². The van der Waals surface area contributed by atoms with Gasteiger partial charge in [-0.2, -0.15) is 0 Å². The number of carbonyl (C=O) groups excluding carboxylic acids is 1. The minimum absolute atomic E-state index is 0.0162. The molecular formula is C20H21N5O2S. The van der Waals surface area contributed by atoms with Gasteiger partial charge in [-0.25, -0.2) is 4.98 Å². The van der Waals surface area contributed by atoms with Crippen LogP contribution in [0.2, 0.25) is 0 Å². The maximum Gasteiger partial charge on any atom is 0.231 e. The van der Waals surface area contributed by atoms with Gasteiger partial charge in [-0.05, 0) is 49.2 Å². The summed E-state index contributed by atoms with van der Waals surface area (Å²) < 4.78 is 5.19. The Kier molecular flexibility index (Phi) is 5.48. The van der Waals surface area contributed by atoms with Crippen LogP contribution in [0.1, 0.15) is 12.8 Å². The number of carbonyl (C=O) groups is 1. The van der Waals surface area contributed by atoms with E-state index in [1.807, 2.05) is 41.8 Å². The molecule has 1 amide bonds. The number of hydrogen-bond acceptors (Lipinski definition) is 7. The molecule has 7 nitrogen and oxygen atoms in total. The summed E-state index contributed by atoms with van der Waals surface area (Å²) in [5.41, 5.74) is 1.79. The minimum atomic E-state index is -0.0827. The molecule has 1 atom stereocenters. The molecule has 8 heteroatoms. The number of piperidine rings is 1. The van der Waals surface area contributed by atoms with Crippen molar-refractivity contribution in [2.24, 2.45) is 5.92 Å². The van der Waals surface area contributed by atoms with Gasteiger partial charge in [0.15, 0.2) is 10.9 Å². The summed E-state index contributed by atoms with van der Waals surface area (Å²) in [6, 6.07) is 11.7. The molecule has 4 rings (SSSR count). The molecule has 0 aliphatic carbocycles. The van der Waals surface area contributed by atoms with Gasteiger partial charge < -0.3 is 15.0 Å². The molecule has 1 unspecified atom stereocenters. The van der Waals surface area contributed by atoms with Crippen LogP contribution in [0.15, 0.2) is 48.0 Å². The lowest BCUT2D eigenvalue weighted by molar-refractivity contribution is -0.120. The topological polar surface area (TPSA) is 80.2 Å². The van der Waals surface area contributed by atoms with Crippen molar-refractivity contribution in [3.63, 3.8) is 0 Å². The first-order chi connectivity index (χ1) is 13.7. The number of ether oxygens (including phenoxy) is 1. The van der Waals surface area contributed by atoms with Crippen LogP contribution >= 0.6 is 11.3 Å². The van der Waals surface area contributed by atoms with E-state index in [-0.39, 0.29) is 11.8 Å². The van der Waals surface area contributed by atoms with Crippen molar-refractivity contribution < 1.29 is 9.53 Å².